The monoisotopic (exact) mass is 271 g/mol. The van der Waals surface area contributed by atoms with Crippen molar-refractivity contribution in [2.75, 3.05) is 6.61 Å². The van der Waals surface area contributed by atoms with E-state index in [0.29, 0.717) is 0 Å². The van der Waals surface area contributed by atoms with Gasteiger partial charge in [-0.1, -0.05) is 6.07 Å². The molecule has 0 radical (unpaired) electrons. The Bertz CT molecular complexity index is 389. The fourth-order valence-electron chi connectivity index (χ4n) is 1.37. The maximum atomic E-state index is 11.6. The SMILES string of the molecule is CC(C)OCC(=O)NC(CC(=O)O)c1cccs1. The molecule has 0 aliphatic carbocycles. The molecule has 1 unspecified atom stereocenters. The van der Waals surface area contributed by atoms with Crippen LogP contribution in [0.3, 0.4) is 0 Å². The molecule has 5 nitrogen and oxygen atoms in total. The Morgan fingerprint density at radius 1 is 1.50 bits per heavy atom. The van der Waals surface area contributed by atoms with Gasteiger partial charge in [-0.05, 0) is 25.3 Å². The van der Waals surface area contributed by atoms with Crippen molar-refractivity contribution >= 4 is 23.2 Å². The van der Waals surface area contributed by atoms with Gasteiger partial charge in [0.15, 0.2) is 0 Å². The number of thiophene rings is 1. The van der Waals surface area contributed by atoms with E-state index in [9.17, 15) is 9.59 Å². The maximum Gasteiger partial charge on any atom is 0.305 e. The standard InChI is InChI=1S/C12H17NO4S/c1-8(2)17-7-11(14)13-9(6-12(15)16)10-4-3-5-18-10/h3-5,8-9H,6-7H2,1-2H3,(H,13,14)(H,15,16). The zero-order valence-corrected chi connectivity index (χ0v) is 11.2. The molecule has 0 fully saturated rings. The van der Waals surface area contributed by atoms with E-state index in [0.717, 1.165) is 4.88 Å². The Balaban J connectivity index is 2.56. The minimum atomic E-state index is -0.946. The van der Waals surface area contributed by atoms with Crippen LogP contribution >= 0.6 is 11.3 Å². The first-order valence-electron chi connectivity index (χ1n) is 5.65. The number of ether oxygens (including phenoxy) is 1. The van der Waals surface area contributed by atoms with Gasteiger partial charge in [-0.3, -0.25) is 9.59 Å². The van der Waals surface area contributed by atoms with E-state index in [-0.39, 0.29) is 25.0 Å². The molecule has 1 aromatic rings. The molecule has 0 aromatic carbocycles. The van der Waals surface area contributed by atoms with E-state index in [4.69, 9.17) is 9.84 Å². The molecule has 6 heteroatoms. The number of hydrogen-bond acceptors (Lipinski definition) is 4. The van der Waals surface area contributed by atoms with Crippen LogP contribution in [0.1, 0.15) is 31.2 Å². The van der Waals surface area contributed by atoms with Crippen LogP contribution in [0.4, 0.5) is 0 Å². The van der Waals surface area contributed by atoms with Crippen molar-refractivity contribution in [1.29, 1.82) is 0 Å². The van der Waals surface area contributed by atoms with Gasteiger partial charge in [-0.2, -0.15) is 0 Å². The Morgan fingerprint density at radius 2 is 2.22 bits per heavy atom. The van der Waals surface area contributed by atoms with Crippen molar-refractivity contribution in [3.05, 3.63) is 22.4 Å². The lowest BCUT2D eigenvalue weighted by molar-refractivity contribution is -0.138. The van der Waals surface area contributed by atoms with Gasteiger partial charge in [-0.25, -0.2) is 0 Å². The van der Waals surface area contributed by atoms with Crippen LogP contribution in [-0.4, -0.2) is 29.7 Å². The average Bonchev–Trinajstić information content (AvgIpc) is 2.78. The van der Waals surface area contributed by atoms with Crippen LogP contribution in [0.2, 0.25) is 0 Å². The lowest BCUT2D eigenvalue weighted by Crippen LogP contribution is -2.33. The lowest BCUT2D eigenvalue weighted by Gasteiger charge is -2.16. The van der Waals surface area contributed by atoms with Gasteiger partial charge in [0.05, 0.1) is 18.6 Å². The summed E-state index contributed by atoms with van der Waals surface area (Å²) in [5.74, 6) is -1.25. The Morgan fingerprint density at radius 3 is 2.72 bits per heavy atom. The molecule has 2 N–H and O–H groups in total. The molecule has 1 heterocycles. The van der Waals surface area contributed by atoms with Crippen LogP contribution in [-0.2, 0) is 14.3 Å². The van der Waals surface area contributed by atoms with E-state index < -0.39 is 12.0 Å². The Kier molecular flexibility index (Phi) is 5.80. The molecule has 0 bridgehead atoms. The molecule has 100 valence electrons. The fourth-order valence-corrected chi connectivity index (χ4v) is 2.14. The number of carboxylic acids is 1. The van der Waals surface area contributed by atoms with Gasteiger partial charge in [0.25, 0.3) is 0 Å². The molecular weight excluding hydrogens is 254 g/mol. The highest BCUT2D eigenvalue weighted by molar-refractivity contribution is 7.10. The first-order chi connectivity index (χ1) is 8.49. The predicted octanol–water partition coefficient (Wildman–Crippen LogP) is 1.81. The van der Waals surface area contributed by atoms with Crippen molar-refractivity contribution in [3.63, 3.8) is 0 Å². The highest BCUT2D eigenvalue weighted by Gasteiger charge is 2.19. The number of carbonyl (C=O) groups excluding carboxylic acids is 1. The highest BCUT2D eigenvalue weighted by atomic mass is 32.1. The third kappa shape index (κ3) is 5.29. The van der Waals surface area contributed by atoms with Gasteiger partial charge in [0, 0.05) is 4.88 Å². The quantitative estimate of drug-likeness (QED) is 0.793. The van der Waals surface area contributed by atoms with Crippen LogP contribution < -0.4 is 5.32 Å². The molecule has 1 atom stereocenters. The molecule has 1 rings (SSSR count). The largest absolute Gasteiger partial charge is 0.481 e. The van der Waals surface area contributed by atoms with Gasteiger partial charge in [0.2, 0.25) is 5.91 Å². The molecule has 0 aliphatic rings. The topological polar surface area (TPSA) is 75.6 Å². The minimum Gasteiger partial charge on any atom is -0.481 e. The molecule has 0 saturated heterocycles. The van der Waals surface area contributed by atoms with Gasteiger partial charge >= 0.3 is 5.97 Å². The van der Waals surface area contributed by atoms with Crippen molar-refractivity contribution < 1.29 is 19.4 Å². The molecule has 0 saturated carbocycles. The Labute approximate surface area is 110 Å². The summed E-state index contributed by atoms with van der Waals surface area (Å²) >= 11 is 1.42. The summed E-state index contributed by atoms with van der Waals surface area (Å²) < 4.78 is 5.17. The number of nitrogens with one attached hydrogen (secondary N) is 1. The predicted molar refractivity (Wildman–Crippen MR) is 68.5 cm³/mol. The highest BCUT2D eigenvalue weighted by Crippen LogP contribution is 2.21. The second kappa shape index (κ2) is 7.13. The number of amides is 1. The third-order valence-corrected chi connectivity index (χ3v) is 3.13. The number of carbonyl (C=O) groups is 2. The molecule has 18 heavy (non-hydrogen) atoms. The summed E-state index contributed by atoms with van der Waals surface area (Å²) in [6, 6.07) is 3.14. The molecule has 0 aliphatic heterocycles. The first kappa shape index (κ1) is 14.7. The van der Waals surface area contributed by atoms with Crippen molar-refractivity contribution in [1.82, 2.24) is 5.32 Å². The molecule has 1 aromatic heterocycles. The number of aliphatic carboxylic acids is 1. The smallest absolute Gasteiger partial charge is 0.305 e. The van der Waals surface area contributed by atoms with Gasteiger partial charge in [0.1, 0.15) is 6.61 Å². The summed E-state index contributed by atoms with van der Waals surface area (Å²) in [5.41, 5.74) is 0. The zero-order valence-electron chi connectivity index (χ0n) is 10.4. The second-order valence-electron chi connectivity index (χ2n) is 4.09. The van der Waals surface area contributed by atoms with E-state index in [1.54, 1.807) is 0 Å². The summed E-state index contributed by atoms with van der Waals surface area (Å²) in [6.07, 6.45) is -0.163. The normalized spacial score (nSPS) is 12.4. The minimum absolute atomic E-state index is 0.0320. The van der Waals surface area contributed by atoms with Crippen molar-refractivity contribution in [3.8, 4) is 0 Å². The van der Waals surface area contributed by atoms with E-state index in [1.807, 2.05) is 31.4 Å². The number of carboxylic acid groups (broad SMARTS) is 1. The molecule has 0 spiro atoms. The van der Waals surface area contributed by atoms with Crippen LogP contribution in [0.15, 0.2) is 17.5 Å². The van der Waals surface area contributed by atoms with Crippen LogP contribution in [0, 0.1) is 0 Å². The summed E-state index contributed by atoms with van der Waals surface area (Å²) in [4.78, 5) is 23.2. The number of hydrogen-bond donors (Lipinski definition) is 2. The van der Waals surface area contributed by atoms with E-state index in [1.165, 1.54) is 11.3 Å². The zero-order chi connectivity index (χ0) is 13.5. The number of rotatable bonds is 7. The summed E-state index contributed by atoms with van der Waals surface area (Å²) in [7, 11) is 0. The van der Waals surface area contributed by atoms with Gasteiger partial charge in [-0.15, -0.1) is 11.3 Å². The summed E-state index contributed by atoms with van der Waals surface area (Å²) in [5, 5.41) is 13.4. The fraction of sp³-hybridized carbons (Fsp3) is 0.500. The average molecular weight is 271 g/mol. The first-order valence-corrected chi connectivity index (χ1v) is 6.53. The third-order valence-electron chi connectivity index (χ3n) is 2.15. The van der Waals surface area contributed by atoms with E-state index >= 15 is 0 Å². The van der Waals surface area contributed by atoms with Crippen molar-refractivity contribution in [2.24, 2.45) is 0 Å². The Hall–Kier alpha value is -1.40. The van der Waals surface area contributed by atoms with E-state index in [2.05, 4.69) is 5.32 Å². The molecular formula is C12H17NO4S. The molecule has 1 amide bonds. The lowest BCUT2D eigenvalue weighted by atomic mass is 10.1. The maximum absolute atomic E-state index is 11.6. The van der Waals surface area contributed by atoms with Crippen LogP contribution in [0.25, 0.3) is 0 Å². The second-order valence-corrected chi connectivity index (χ2v) is 5.07. The van der Waals surface area contributed by atoms with Gasteiger partial charge < -0.3 is 15.2 Å². The van der Waals surface area contributed by atoms with Crippen molar-refractivity contribution in [2.45, 2.75) is 32.4 Å². The van der Waals surface area contributed by atoms with Crippen LogP contribution in [0.5, 0.6) is 0 Å². The summed E-state index contributed by atoms with van der Waals surface area (Å²) in [6.45, 7) is 3.61.